The largest absolute Gasteiger partial charge is 0.384 e. The van der Waals surface area contributed by atoms with E-state index in [9.17, 15) is 4.79 Å². The molecule has 0 aromatic heterocycles. The van der Waals surface area contributed by atoms with Gasteiger partial charge in [-0.25, -0.2) is 0 Å². The van der Waals surface area contributed by atoms with E-state index in [1.54, 1.807) is 18.2 Å². The quantitative estimate of drug-likeness (QED) is 0.832. The fourth-order valence-electron chi connectivity index (χ4n) is 1.73. The van der Waals surface area contributed by atoms with Crippen LogP contribution in [0, 0.1) is 17.8 Å². The van der Waals surface area contributed by atoms with Crippen LogP contribution in [0.5, 0.6) is 0 Å². The van der Waals surface area contributed by atoms with Gasteiger partial charge in [0.1, 0.15) is 6.61 Å². The Morgan fingerprint density at radius 1 is 1.42 bits per heavy atom. The Balaban J connectivity index is 2.90. The molecule has 102 valence electrons. The van der Waals surface area contributed by atoms with Gasteiger partial charge in [-0.2, -0.15) is 0 Å². The summed E-state index contributed by atoms with van der Waals surface area (Å²) in [5, 5.41) is 12.0. The first-order valence-electron chi connectivity index (χ1n) is 6.32. The summed E-state index contributed by atoms with van der Waals surface area (Å²) in [5.41, 5.74) is 1.27. The highest BCUT2D eigenvalue weighted by Gasteiger charge is 2.15. The SMILES string of the molecule is CCC(CC)C(=O)Nc1cc(C#CCO)ccc1Cl. The number of carbonyl (C=O) groups is 1. The van der Waals surface area contributed by atoms with Gasteiger partial charge >= 0.3 is 0 Å². The summed E-state index contributed by atoms with van der Waals surface area (Å²) in [7, 11) is 0. The second-order valence-corrected chi connectivity index (χ2v) is 4.56. The summed E-state index contributed by atoms with van der Waals surface area (Å²) in [5.74, 6) is 5.30. The fourth-order valence-corrected chi connectivity index (χ4v) is 1.90. The van der Waals surface area contributed by atoms with Gasteiger partial charge in [0.25, 0.3) is 0 Å². The summed E-state index contributed by atoms with van der Waals surface area (Å²) in [4.78, 5) is 12.0. The Morgan fingerprint density at radius 3 is 2.68 bits per heavy atom. The second-order valence-electron chi connectivity index (χ2n) is 4.16. The first-order valence-corrected chi connectivity index (χ1v) is 6.70. The van der Waals surface area contributed by atoms with E-state index in [2.05, 4.69) is 17.2 Å². The normalized spacial score (nSPS) is 9.95. The molecule has 0 spiro atoms. The molecule has 3 nitrogen and oxygen atoms in total. The van der Waals surface area contributed by atoms with Crippen LogP contribution in [0.15, 0.2) is 18.2 Å². The van der Waals surface area contributed by atoms with Gasteiger partial charge in [0.05, 0.1) is 10.7 Å². The Hall–Kier alpha value is -1.50. The van der Waals surface area contributed by atoms with Crippen molar-refractivity contribution in [1.29, 1.82) is 0 Å². The number of hydrogen-bond acceptors (Lipinski definition) is 2. The first-order chi connectivity index (χ1) is 9.12. The van der Waals surface area contributed by atoms with Gasteiger partial charge in [0.2, 0.25) is 5.91 Å². The smallest absolute Gasteiger partial charge is 0.227 e. The summed E-state index contributed by atoms with van der Waals surface area (Å²) in [6.07, 6.45) is 1.59. The van der Waals surface area contributed by atoms with E-state index in [4.69, 9.17) is 16.7 Å². The topological polar surface area (TPSA) is 49.3 Å². The number of benzene rings is 1. The van der Waals surface area contributed by atoms with Crippen molar-refractivity contribution in [3.05, 3.63) is 28.8 Å². The van der Waals surface area contributed by atoms with E-state index in [0.29, 0.717) is 16.3 Å². The molecular weight excluding hydrogens is 262 g/mol. The molecule has 0 saturated heterocycles. The molecule has 0 heterocycles. The third kappa shape index (κ3) is 4.59. The molecule has 1 aromatic carbocycles. The average Bonchev–Trinajstić information content (AvgIpc) is 2.41. The van der Waals surface area contributed by atoms with Crippen molar-refractivity contribution in [1.82, 2.24) is 0 Å². The summed E-state index contributed by atoms with van der Waals surface area (Å²) in [6.45, 7) is 3.77. The molecule has 0 saturated carbocycles. The second kappa shape index (κ2) is 7.83. The van der Waals surface area contributed by atoms with Crippen LogP contribution < -0.4 is 5.32 Å². The molecule has 0 fully saturated rings. The lowest BCUT2D eigenvalue weighted by Crippen LogP contribution is -2.21. The summed E-state index contributed by atoms with van der Waals surface area (Å²) >= 11 is 6.05. The third-order valence-corrected chi connectivity index (χ3v) is 3.22. The lowest BCUT2D eigenvalue weighted by atomic mass is 10.0. The number of hydrogen-bond donors (Lipinski definition) is 2. The van der Waals surface area contributed by atoms with Gasteiger partial charge in [0.15, 0.2) is 0 Å². The number of halogens is 1. The van der Waals surface area contributed by atoms with Crippen LogP contribution in [0.2, 0.25) is 5.02 Å². The highest BCUT2D eigenvalue weighted by molar-refractivity contribution is 6.33. The van der Waals surface area contributed by atoms with E-state index >= 15 is 0 Å². The monoisotopic (exact) mass is 279 g/mol. The van der Waals surface area contributed by atoms with Gasteiger partial charge in [-0.05, 0) is 31.0 Å². The number of aliphatic hydroxyl groups is 1. The number of aliphatic hydroxyl groups excluding tert-OH is 1. The highest BCUT2D eigenvalue weighted by Crippen LogP contribution is 2.24. The van der Waals surface area contributed by atoms with Crippen molar-refractivity contribution in [3.8, 4) is 11.8 Å². The minimum atomic E-state index is -0.196. The molecule has 0 unspecified atom stereocenters. The lowest BCUT2D eigenvalue weighted by molar-refractivity contribution is -0.120. The van der Waals surface area contributed by atoms with Crippen LogP contribution in [-0.4, -0.2) is 17.6 Å². The molecule has 0 aliphatic rings. The molecule has 0 radical (unpaired) electrons. The average molecular weight is 280 g/mol. The predicted molar refractivity (Wildman–Crippen MR) is 78.1 cm³/mol. The van der Waals surface area contributed by atoms with Crippen molar-refractivity contribution >= 4 is 23.2 Å². The van der Waals surface area contributed by atoms with Crippen molar-refractivity contribution in [3.63, 3.8) is 0 Å². The first kappa shape index (κ1) is 15.6. The van der Waals surface area contributed by atoms with Crippen LogP contribution in [-0.2, 0) is 4.79 Å². The van der Waals surface area contributed by atoms with Crippen LogP contribution in [0.25, 0.3) is 0 Å². The Kier molecular flexibility index (Phi) is 6.41. The zero-order valence-corrected chi connectivity index (χ0v) is 11.9. The molecule has 0 aliphatic heterocycles. The number of rotatable bonds is 4. The van der Waals surface area contributed by atoms with Gasteiger partial charge in [-0.3, -0.25) is 4.79 Å². The van der Waals surface area contributed by atoms with Crippen LogP contribution in [0.3, 0.4) is 0 Å². The van der Waals surface area contributed by atoms with Gasteiger partial charge in [0, 0.05) is 11.5 Å². The molecule has 19 heavy (non-hydrogen) atoms. The van der Waals surface area contributed by atoms with Crippen LogP contribution in [0.4, 0.5) is 5.69 Å². The number of amides is 1. The molecule has 0 atom stereocenters. The molecule has 2 N–H and O–H groups in total. The van der Waals surface area contributed by atoms with Crippen molar-refractivity contribution in [2.45, 2.75) is 26.7 Å². The van der Waals surface area contributed by atoms with Crippen LogP contribution in [0.1, 0.15) is 32.3 Å². The van der Waals surface area contributed by atoms with E-state index < -0.39 is 0 Å². The molecule has 0 bridgehead atoms. The summed E-state index contributed by atoms with van der Waals surface area (Å²) < 4.78 is 0. The molecule has 1 amide bonds. The van der Waals surface area contributed by atoms with Crippen LogP contribution >= 0.6 is 11.6 Å². The minimum Gasteiger partial charge on any atom is -0.384 e. The highest BCUT2D eigenvalue weighted by atomic mass is 35.5. The zero-order chi connectivity index (χ0) is 14.3. The fraction of sp³-hybridized carbons (Fsp3) is 0.400. The van der Waals surface area contributed by atoms with E-state index in [1.165, 1.54) is 0 Å². The predicted octanol–water partition coefficient (Wildman–Crippen LogP) is 3.06. The van der Waals surface area contributed by atoms with Gasteiger partial charge in [-0.15, -0.1) is 0 Å². The van der Waals surface area contributed by atoms with Crippen molar-refractivity contribution in [2.24, 2.45) is 5.92 Å². The minimum absolute atomic E-state index is 0.0109. The zero-order valence-electron chi connectivity index (χ0n) is 11.2. The molecule has 0 aliphatic carbocycles. The van der Waals surface area contributed by atoms with Crippen molar-refractivity contribution < 1.29 is 9.90 Å². The number of anilines is 1. The van der Waals surface area contributed by atoms with E-state index in [-0.39, 0.29) is 18.4 Å². The van der Waals surface area contributed by atoms with Gasteiger partial charge < -0.3 is 10.4 Å². The van der Waals surface area contributed by atoms with E-state index in [0.717, 1.165) is 12.8 Å². The Labute approximate surface area is 119 Å². The molecular formula is C15H18ClNO2. The Morgan fingerprint density at radius 2 is 2.11 bits per heavy atom. The van der Waals surface area contributed by atoms with Gasteiger partial charge in [-0.1, -0.05) is 37.3 Å². The molecule has 1 aromatic rings. The Bertz CT molecular complexity index is 499. The maximum Gasteiger partial charge on any atom is 0.227 e. The lowest BCUT2D eigenvalue weighted by Gasteiger charge is -2.13. The molecule has 4 heteroatoms. The summed E-state index contributed by atoms with van der Waals surface area (Å²) in [6, 6.07) is 5.15. The maximum atomic E-state index is 12.0. The number of nitrogens with one attached hydrogen (secondary N) is 1. The van der Waals surface area contributed by atoms with Crippen molar-refractivity contribution in [2.75, 3.05) is 11.9 Å². The number of carbonyl (C=O) groups excluding carboxylic acids is 1. The maximum absolute atomic E-state index is 12.0. The molecule has 1 rings (SSSR count). The standard InChI is InChI=1S/C15H18ClNO2/c1-3-12(4-2)15(19)17-14-10-11(6-5-9-18)7-8-13(14)16/h7-8,10,12,18H,3-4,9H2,1-2H3,(H,17,19). The third-order valence-electron chi connectivity index (χ3n) is 2.89. The van der Waals surface area contributed by atoms with E-state index in [1.807, 2.05) is 13.8 Å².